The lowest BCUT2D eigenvalue weighted by Crippen LogP contribution is -2.55. The molecule has 2 fully saturated rings. The van der Waals surface area contributed by atoms with Crippen molar-refractivity contribution in [2.24, 2.45) is 0 Å². The number of ether oxygens (including phenoxy) is 1. The molecule has 0 bridgehead atoms. The Balaban J connectivity index is 1.44. The summed E-state index contributed by atoms with van der Waals surface area (Å²) in [5, 5.41) is 3.17. The van der Waals surface area contributed by atoms with Gasteiger partial charge in [0.1, 0.15) is 17.7 Å². The van der Waals surface area contributed by atoms with Gasteiger partial charge < -0.3 is 15.0 Å². The van der Waals surface area contributed by atoms with Crippen LogP contribution in [0.3, 0.4) is 0 Å². The molecule has 2 atom stereocenters. The summed E-state index contributed by atoms with van der Waals surface area (Å²) in [5.74, 6) is -2.19. The normalized spacial score (nSPS) is 21.0. The van der Waals surface area contributed by atoms with E-state index in [1.807, 2.05) is 24.8 Å². The molecule has 2 aromatic carbocycles. The largest absolute Gasteiger partial charge is 0.368 e. The Bertz CT molecular complexity index is 1070. The van der Waals surface area contributed by atoms with Crippen LogP contribution in [-0.2, 0) is 16.1 Å². The Morgan fingerprint density at radius 1 is 1.15 bits per heavy atom. The van der Waals surface area contributed by atoms with E-state index in [1.165, 1.54) is 0 Å². The summed E-state index contributed by atoms with van der Waals surface area (Å²) in [6, 6.07) is 6.20. The van der Waals surface area contributed by atoms with Gasteiger partial charge in [-0.1, -0.05) is 11.6 Å². The Labute approximate surface area is 202 Å². The number of rotatable bonds is 5. The van der Waals surface area contributed by atoms with E-state index in [9.17, 15) is 18.4 Å². The molecule has 2 saturated heterocycles. The molecule has 0 unspecified atom stereocenters. The zero-order valence-corrected chi connectivity index (χ0v) is 20.0. The first-order valence-corrected chi connectivity index (χ1v) is 11.8. The molecular formula is C25H28ClF2N3O3. The van der Waals surface area contributed by atoms with Crippen molar-refractivity contribution in [2.75, 3.05) is 31.6 Å². The number of nitrogens with zero attached hydrogens (tertiary/aromatic N) is 2. The lowest BCUT2D eigenvalue weighted by molar-refractivity contribution is -0.145. The van der Waals surface area contributed by atoms with Crippen LogP contribution >= 0.6 is 11.6 Å². The SMILES string of the molecule is Cc1c(CN2CCN(C(=O)[C@@H]3CCCO3)[C@@H](C)C2)cc(Cl)cc1NC(=O)c1cc(F)cc(F)c1. The summed E-state index contributed by atoms with van der Waals surface area (Å²) in [6.07, 6.45) is 1.39. The van der Waals surface area contributed by atoms with Gasteiger partial charge in [-0.05, 0) is 62.1 Å². The molecule has 0 spiro atoms. The van der Waals surface area contributed by atoms with Crippen LogP contribution in [0.15, 0.2) is 30.3 Å². The van der Waals surface area contributed by atoms with Crippen LogP contribution in [0.25, 0.3) is 0 Å². The Morgan fingerprint density at radius 2 is 1.88 bits per heavy atom. The van der Waals surface area contributed by atoms with E-state index in [0.717, 1.165) is 36.1 Å². The number of amides is 2. The summed E-state index contributed by atoms with van der Waals surface area (Å²) in [6.45, 7) is 7.17. The monoisotopic (exact) mass is 491 g/mol. The second-order valence-corrected chi connectivity index (χ2v) is 9.40. The van der Waals surface area contributed by atoms with Crippen LogP contribution < -0.4 is 5.32 Å². The van der Waals surface area contributed by atoms with Crippen molar-refractivity contribution in [3.63, 3.8) is 0 Å². The molecule has 2 aliphatic heterocycles. The van der Waals surface area contributed by atoms with Gasteiger partial charge in [0.2, 0.25) is 0 Å². The first-order valence-electron chi connectivity index (χ1n) is 11.4. The zero-order chi connectivity index (χ0) is 24.4. The predicted molar refractivity (Wildman–Crippen MR) is 126 cm³/mol. The molecule has 2 aromatic rings. The summed E-state index contributed by atoms with van der Waals surface area (Å²) < 4.78 is 32.6. The third-order valence-electron chi connectivity index (χ3n) is 6.45. The molecular weight excluding hydrogens is 464 g/mol. The molecule has 6 nitrogen and oxygen atoms in total. The molecule has 182 valence electrons. The number of hydrogen-bond donors (Lipinski definition) is 1. The first-order chi connectivity index (χ1) is 16.2. The fourth-order valence-electron chi connectivity index (χ4n) is 4.61. The maximum Gasteiger partial charge on any atom is 0.255 e. The maximum absolute atomic E-state index is 13.5. The van der Waals surface area contributed by atoms with Crippen LogP contribution in [0.2, 0.25) is 5.02 Å². The van der Waals surface area contributed by atoms with Crippen molar-refractivity contribution < 1.29 is 23.1 Å². The summed E-state index contributed by atoms with van der Waals surface area (Å²) in [5.41, 5.74) is 2.12. The fourth-order valence-corrected chi connectivity index (χ4v) is 4.85. The smallest absolute Gasteiger partial charge is 0.255 e. The van der Waals surface area contributed by atoms with E-state index in [4.69, 9.17) is 16.3 Å². The molecule has 4 rings (SSSR count). The Morgan fingerprint density at radius 3 is 2.53 bits per heavy atom. The standard InChI is InChI=1S/C25H28ClF2N3O3/c1-15-13-30(5-6-31(15)25(33)23-4-3-7-34-23)14-18-8-19(26)11-22(16(18)2)29-24(32)17-9-20(27)12-21(28)10-17/h8-12,15,23H,3-7,13-14H2,1-2H3,(H,29,32)/t15-,23-/m0/s1. The number of hydrogen-bond acceptors (Lipinski definition) is 4. The van der Waals surface area contributed by atoms with Gasteiger partial charge in [-0.15, -0.1) is 0 Å². The van der Waals surface area contributed by atoms with Gasteiger partial charge in [-0.25, -0.2) is 8.78 Å². The van der Waals surface area contributed by atoms with E-state index >= 15 is 0 Å². The minimum Gasteiger partial charge on any atom is -0.368 e. The van der Waals surface area contributed by atoms with Gasteiger partial charge in [0.15, 0.2) is 0 Å². The third-order valence-corrected chi connectivity index (χ3v) is 6.66. The van der Waals surface area contributed by atoms with Crippen LogP contribution in [-0.4, -0.2) is 60.0 Å². The summed E-state index contributed by atoms with van der Waals surface area (Å²) >= 11 is 6.33. The molecule has 34 heavy (non-hydrogen) atoms. The topological polar surface area (TPSA) is 61.9 Å². The summed E-state index contributed by atoms with van der Waals surface area (Å²) in [4.78, 5) is 29.5. The second-order valence-electron chi connectivity index (χ2n) is 8.97. The number of halogens is 3. The van der Waals surface area contributed by atoms with Crippen molar-refractivity contribution >= 4 is 29.1 Å². The van der Waals surface area contributed by atoms with Crippen LogP contribution in [0.5, 0.6) is 0 Å². The average molecular weight is 492 g/mol. The van der Waals surface area contributed by atoms with Gasteiger partial charge >= 0.3 is 0 Å². The van der Waals surface area contributed by atoms with Crippen LogP contribution in [0.4, 0.5) is 14.5 Å². The van der Waals surface area contributed by atoms with Gasteiger partial charge in [-0.3, -0.25) is 14.5 Å². The van der Waals surface area contributed by atoms with Crippen LogP contribution in [0, 0.1) is 18.6 Å². The fraction of sp³-hybridized carbons (Fsp3) is 0.440. The summed E-state index contributed by atoms with van der Waals surface area (Å²) in [7, 11) is 0. The molecule has 0 aromatic heterocycles. The van der Waals surface area contributed by atoms with Gasteiger partial charge in [0.25, 0.3) is 11.8 Å². The molecule has 2 amide bonds. The lowest BCUT2D eigenvalue weighted by Gasteiger charge is -2.41. The minimum absolute atomic E-state index is 0.0481. The molecule has 0 radical (unpaired) electrons. The first kappa shape index (κ1) is 24.6. The number of benzene rings is 2. The highest BCUT2D eigenvalue weighted by Gasteiger charge is 2.34. The van der Waals surface area contributed by atoms with Crippen molar-refractivity contribution in [3.05, 3.63) is 63.7 Å². The lowest BCUT2D eigenvalue weighted by atomic mass is 10.0. The molecule has 1 N–H and O–H groups in total. The Hall–Kier alpha value is -2.55. The third kappa shape index (κ3) is 5.56. The maximum atomic E-state index is 13.5. The highest BCUT2D eigenvalue weighted by Crippen LogP contribution is 2.28. The molecule has 2 heterocycles. The number of anilines is 1. The Kier molecular flexibility index (Phi) is 7.50. The number of carbonyl (C=O) groups excluding carboxylic acids is 2. The van der Waals surface area contributed by atoms with Crippen molar-refractivity contribution in [1.82, 2.24) is 9.80 Å². The van der Waals surface area contributed by atoms with Gasteiger partial charge in [0.05, 0.1) is 0 Å². The van der Waals surface area contributed by atoms with Crippen molar-refractivity contribution in [3.8, 4) is 0 Å². The number of carbonyl (C=O) groups is 2. The average Bonchev–Trinajstić information content (AvgIpc) is 3.31. The predicted octanol–water partition coefficient (Wildman–Crippen LogP) is 4.39. The van der Waals surface area contributed by atoms with Gasteiger partial charge in [0, 0.05) is 61.2 Å². The van der Waals surface area contributed by atoms with E-state index in [0.29, 0.717) is 49.6 Å². The molecule has 0 aliphatic carbocycles. The minimum atomic E-state index is -0.820. The van der Waals surface area contributed by atoms with E-state index in [2.05, 4.69) is 10.2 Å². The van der Waals surface area contributed by atoms with E-state index in [1.54, 1.807) is 6.07 Å². The highest BCUT2D eigenvalue weighted by atomic mass is 35.5. The highest BCUT2D eigenvalue weighted by molar-refractivity contribution is 6.31. The molecule has 9 heteroatoms. The molecule has 0 saturated carbocycles. The number of piperazine rings is 1. The van der Waals surface area contributed by atoms with Crippen molar-refractivity contribution in [1.29, 1.82) is 0 Å². The van der Waals surface area contributed by atoms with Crippen LogP contribution in [0.1, 0.15) is 41.3 Å². The quantitative estimate of drug-likeness (QED) is 0.674. The van der Waals surface area contributed by atoms with Crippen molar-refractivity contribution in [2.45, 2.75) is 45.4 Å². The van der Waals surface area contributed by atoms with Gasteiger partial charge in [-0.2, -0.15) is 0 Å². The second kappa shape index (κ2) is 10.4. The van der Waals surface area contributed by atoms with E-state index < -0.39 is 17.5 Å². The molecule has 2 aliphatic rings. The van der Waals surface area contributed by atoms with E-state index in [-0.39, 0.29) is 23.6 Å². The number of nitrogens with one attached hydrogen (secondary N) is 1. The zero-order valence-electron chi connectivity index (χ0n) is 19.2.